The Balaban J connectivity index is 1.29. The number of nitrogens with zero attached hydrogens (tertiary/aromatic N) is 1. The standard InChI is InChI=1S/C39H29NO/c1-2-11-28-23-30(20-19-26(28)9-1)29-13-7-14-31(24-29)41-39-35-17-6-5-16-34(35)38(37-25-40-22-21-36(37)39)33-18-8-12-27-10-3-4-15-32(27)33/h1-4,8-13,15-25H,5-7,14H2. The lowest BCUT2D eigenvalue weighted by atomic mass is 9.89. The molecule has 5 aromatic carbocycles. The molecule has 1 aromatic heterocycles. The quantitative estimate of drug-likeness (QED) is 0.229. The van der Waals surface area contributed by atoms with Gasteiger partial charge < -0.3 is 4.74 Å². The van der Waals surface area contributed by atoms with Crippen LogP contribution in [0.2, 0.25) is 0 Å². The number of pyridine rings is 1. The minimum Gasteiger partial charge on any atom is -0.460 e. The van der Waals surface area contributed by atoms with E-state index in [0.29, 0.717) is 0 Å². The van der Waals surface area contributed by atoms with Crippen LogP contribution in [0.25, 0.3) is 61.2 Å². The Kier molecular flexibility index (Phi) is 5.77. The van der Waals surface area contributed by atoms with Gasteiger partial charge in [0.15, 0.2) is 0 Å². The molecule has 0 atom stereocenters. The molecule has 8 rings (SSSR count). The van der Waals surface area contributed by atoms with Gasteiger partial charge in [-0.05, 0) is 86.5 Å². The van der Waals surface area contributed by atoms with Crippen molar-refractivity contribution in [2.75, 3.05) is 0 Å². The maximum atomic E-state index is 6.93. The zero-order chi connectivity index (χ0) is 27.2. The lowest BCUT2D eigenvalue weighted by Gasteiger charge is -2.21. The number of allylic oxidation sites excluding steroid dienone is 4. The van der Waals surface area contributed by atoms with Crippen molar-refractivity contribution in [1.82, 2.24) is 4.98 Å². The van der Waals surface area contributed by atoms with Crippen molar-refractivity contribution in [3.8, 4) is 16.9 Å². The Bertz CT molecular complexity index is 2180. The summed E-state index contributed by atoms with van der Waals surface area (Å²) in [5.41, 5.74) is 4.94. The molecule has 0 aliphatic heterocycles. The van der Waals surface area contributed by atoms with Crippen LogP contribution in [0, 0.1) is 0 Å². The van der Waals surface area contributed by atoms with E-state index in [0.717, 1.165) is 48.0 Å². The normalized spacial score (nSPS) is 14.6. The maximum absolute atomic E-state index is 6.93. The summed E-state index contributed by atoms with van der Waals surface area (Å²) >= 11 is 0. The molecule has 2 aliphatic rings. The molecule has 6 aromatic rings. The predicted octanol–water partition coefficient (Wildman–Crippen LogP) is 8.70. The molecule has 0 unspecified atom stereocenters. The lowest BCUT2D eigenvalue weighted by molar-refractivity contribution is 0.404. The van der Waals surface area contributed by atoms with E-state index in [9.17, 15) is 0 Å². The van der Waals surface area contributed by atoms with Crippen LogP contribution in [0.4, 0.5) is 0 Å². The topological polar surface area (TPSA) is 22.1 Å². The first-order chi connectivity index (χ1) is 20.3. The molecule has 0 bridgehead atoms. The first kappa shape index (κ1) is 23.9. The van der Waals surface area contributed by atoms with Crippen LogP contribution in [0.5, 0.6) is 5.75 Å². The molecule has 41 heavy (non-hydrogen) atoms. The Labute approximate surface area is 239 Å². The molecule has 196 valence electrons. The van der Waals surface area contributed by atoms with Gasteiger partial charge in [-0.1, -0.05) is 97.1 Å². The molecule has 0 N–H and O–H groups in total. The highest BCUT2D eigenvalue weighted by atomic mass is 16.5. The van der Waals surface area contributed by atoms with Gasteiger partial charge in [-0.25, -0.2) is 0 Å². The molecule has 0 spiro atoms. The zero-order valence-corrected chi connectivity index (χ0v) is 22.8. The number of fused-ring (bicyclic) bond motifs is 4. The molecule has 0 saturated carbocycles. The van der Waals surface area contributed by atoms with Crippen molar-refractivity contribution in [1.29, 1.82) is 0 Å². The maximum Gasteiger partial charge on any atom is 0.142 e. The fourth-order valence-corrected chi connectivity index (χ4v) is 6.51. The van der Waals surface area contributed by atoms with Crippen molar-refractivity contribution in [2.24, 2.45) is 0 Å². The first-order valence-corrected chi connectivity index (χ1v) is 14.5. The summed E-state index contributed by atoms with van der Waals surface area (Å²) in [7, 11) is 0. The van der Waals surface area contributed by atoms with E-state index >= 15 is 0 Å². The minimum atomic E-state index is 0.882. The second-order valence-corrected chi connectivity index (χ2v) is 10.9. The number of aromatic nitrogens is 1. The summed E-state index contributed by atoms with van der Waals surface area (Å²) in [5.74, 6) is 1.95. The number of hydrogen-bond acceptors (Lipinski definition) is 2. The molecule has 0 fully saturated rings. The molecule has 0 radical (unpaired) electrons. The third-order valence-corrected chi connectivity index (χ3v) is 8.45. The Morgan fingerprint density at radius 3 is 2.34 bits per heavy atom. The van der Waals surface area contributed by atoms with Gasteiger partial charge in [0.25, 0.3) is 0 Å². The predicted molar refractivity (Wildman–Crippen MR) is 172 cm³/mol. The van der Waals surface area contributed by atoms with E-state index in [2.05, 4.69) is 120 Å². The second kappa shape index (κ2) is 9.91. The molecule has 0 saturated heterocycles. The average molecular weight is 528 g/mol. The Morgan fingerprint density at radius 2 is 1.41 bits per heavy atom. The zero-order valence-electron chi connectivity index (χ0n) is 22.8. The van der Waals surface area contributed by atoms with Crippen LogP contribution in [-0.4, -0.2) is 4.98 Å². The number of rotatable bonds is 4. The van der Waals surface area contributed by atoms with Gasteiger partial charge in [-0.15, -0.1) is 0 Å². The van der Waals surface area contributed by atoms with Crippen molar-refractivity contribution >= 4 is 50.0 Å². The Morgan fingerprint density at radius 1 is 0.610 bits per heavy atom. The summed E-state index contributed by atoms with van der Waals surface area (Å²) in [5, 5.41) is 9.71. The van der Waals surface area contributed by atoms with Crippen LogP contribution in [0.15, 0.2) is 121 Å². The number of hydrogen-bond donors (Lipinski definition) is 0. The first-order valence-electron chi connectivity index (χ1n) is 14.5. The fraction of sp³-hybridized carbons (Fsp3) is 0.103. The largest absolute Gasteiger partial charge is 0.460 e. The number of ether oxygens (including phenoxy) is 1. The third-order valence-electron chi connectivity index (χ3n) is 8.45. The van der Waals surface area contributed by atoms with Crippen LogP contribution in [0.3, 0.4) is 0 Å². The summed E-state index contributed by atoms with van der Waals surface area (Å²) in [4.78, 5) is 4.59. The van der Waals surface area contributed by atoms with Gasteiger partial charge in [0.05, 0.1) is 0 Å². The van der Waals surface area contributed by atoms with Gasteiger partial charge in [-0.2, -0.15) is 0 Å². The van der Waals surface area contributed by atoms with Gasteiger partial charge >= 0.3 is 0 Å². The van der Waals surface area contributed by atoms with E-state index in [1.807, 2.05) is 12.4 Å². The number of benzene rings is 5. The van der Waals surface area contributed by atoms with Gasteiger partial charge in [0.2, 0.25) is 0 Å². The van der Waals surface area contributed by atoms with E-state index in [4.69, 9.17) is 4.74 Å². The molecule has 2 nitrogen and oxygen atoms in total. The van der Waals surface area contributed by atoms with Crippen LogP contribution in [0.1, 0.15) is 31.2 Å². The highest BCUT2D eigenvalue weighted by Crippen LogP contribution is 2.36. The molecular weight excluding hydrogens is 498 g/mol. The molecule has 1 heterocycles. The van der Waals surface area contributed by atoms with Gasteiger partial charge in [-0.3, -0.25) is 4.98 Å². The SMILES string of the molecule is C1=C(Oc2c3c(c(-c4cccc5ccccc45)c4cnccc24)=CCCC=3)CCC=C1c1ccc2ccccc2c1. The van der Waals surface area contributed by atoms with Crippen LogP contribution >= 0.6 is 0 Å². The van der Waals surface area contributed by atoms with Gasteiger partial charge in [0.1, 0.15) is 11.5 Å². The summed E-state index contributed by atoms with van der Waals surface area (Å²) in [6, 6.07) is 32.6. The summed E-state index contributed by atoms with van der Waals surface area (Å²) in [6.45, 7) is 0. The molecule has 2 aliphatic carbocycles. The highest BCUT2D eigenvalue weighted by molar-refractivity contribution is 6.07. The lowest BCUT2D eigenvalue weighted by Crippen LogP contribution is -2.31. The third kappa shape index (κ3) is 4.15. The van der Waals surface area contributed by atoms with E-state index in [1.54, 1.807) is 0 Å². The van der Waals surface area contributed by atoms with Crippen LogP contribution < -0.4 is 15.2 Å². The van der Waals surface area contributed by atoms with E-state index in [-0.39, 0.29) is 0 Å². The van der Waals surface area contributed by atoms with Crippen molar-refractivity contribution in [2.45, 2.75) is 25.7 Å². The van der Waals surface area contributed by atoms with Crippen molar-refractivity contribution < 1.29 is 4.74 Å². The highest BCUT2D eigenvalue weighted by Gasteiger charge is 2.19. The van der Waals surface area contributed by atoms with Crippen molar-refractivity contribution in [3.63, 3.8) is 0 Å². The molecule has 2 heteroatoms. The monoisotopic (exact) mass is 527 g/mol. The van der Waals surface area contributed by atoms with Gasteiger partial charge in [0, 0.05) is 34.8 Å². The molecular formula is C39H29NO. The van der Waals surface area contributed by atoms with Crippen LogP contribution in [-0.2, 0) is 0 Å². The van der Waals surface area contributed by atoms with Crippen molar-refractivity contribution in [3.05, 3.63) is 137 Å². The average Bonchev–Trinajstić information content (AvgIpc) is 3.04. The van der Waals surface area contributed by atoms with E-state index in [1.165, 1.54) is 54.2 Å². The second-order valence-electron chi connectivity index (χ2n) is 10.9. The van der Waals surface area contributed by atoms with E-state index < -0.39 is 0 Å². The molecule has 0 amide bonds. The Hall–Kier alpha value is -4.95. The summed E-state index contributed by atoms with van der Waals surface area (Å²) < 4.78 is 6.93. The minimum absolute atomic E-state index is 0.882. The smallest absolute Gasteiger partial charge is 0.142 e. The summed E-state index contributed by atoms with van der Waals surface area (Å²) in [6.07, 6.45) is 17.1. The fourth-order valence-electron chi connectivity index (χ4n) is 6.51.